The smallest absolute Gasteiger partial charge is 0.0528 e. The molecule has 0 aliphatic carbocycles. The van der Waals surface area contributed by atoms with Crippen LogP contribution < -0.4 is 5.73 Å². The third-order valence-electron chi connectivity index (χ3n) is 2.86. The van der Waals surface area contributed by atoms with Crippen LogP contribution in [-0.2, 0) is 6.42 Å². The van der Waals surface area contributed by atoms with E-state index in [0.29, 0.717) is 0 Å². The van der Waals surface area contributed by atoms with Crippen LogP contribution in [0.1, 0.15) is 31.7 Å². The highest BCUT2D eigenvalue weighted by molar-refractivity contribution is 5.16. The summed E-state index contributed by atoms with van der Waals surface area (Å²) in [4.78, 5) is 2.90. The highest BCUT2D eigenvalue weighted by Gasteiger charge is 2.16. The van der Waals surface area contributed by atoms with Crippen molar-refractivity contribution >= 4 is 0 Å². The van der Waals surface area contributed by atoms with Crippen LogP contribution in [0, 0.1) is 0 Å². The molecule has 4 nitrogen and oxygen atoms in total. The van der Waals surface area contributed by atoms with Crippen molar-refractivity contribution in [3.63, 3.8) is 0 Å². The van der Waals surface area contributed by atoms with Gasteiger partial charge < -0.3 is 5.73 Å². The first kappa shape index (κ1) is 13.6. The van der Waals surface area contributed by atoms with Gasteiger partial charge in [-0.2, -0.15) is 0 Å². The van der Waals surface area contributed by atoms with Crippen LogP contribution in [0.5, 0.6) is 0 Å². The van der Waals surface area contributed by atoms with E-state index in [1.165, 1.54) is 5.56 Å². The molecular weight excluding hydrogens is 212 g/mol. The van der Waals surface area contributed by atoms with E-state index >= 15 is 0 Å². The van der Waals surface area contributed by atoms with Crippen LogP contribution in [0.3, 0.4) is 0 Å². The first-order valence-electron chi connectivity index (χ1n) is 6.11. The minimum Gasteiger partial charge on any atom is -0.327 e. The van der Waals surface area contributed by atoms with Gasteiger partial charge in [-0.1, -0.05) is 55.2 Å². The van der Waals surface area contributed by atoms with E-state index in [2.05, 4.69) is 16.9 Å². The monoisotopic (exact) mass is 232 g/mol. The normalized spacial score (nSPS) is 13.8. The van der Waals surface area contributed by atoms with Crippen molar-refractivity contribution in [3.8, 4) is 0 Å². The van der Waals surface area contributed by atoms with Gasteiger partial charge in [-0.3, -0.25) is 0 Å². The van der Waals surface area contributed by atoms with Gasteiger partial charge in [0.1, 0.15) is 0 Å². The molecule has 0 aliphatic rings. The zero-order valence-electron chi connectivity index (χ0n) is 10.3. The van der Waals surface area contributed by atoms with Gasteiger partial charge in [0.2, 0.25) is 0 Å². The molecule has 92 valence electrons. The Kier molecular flexibility index (Phi) is 6.15. The lowest BCUT2D eigenvalue weighted by molar-refractivity contribution is 0.475. The molecule has 1 rings (SSSR count). The molecule has 0 spiro atoms. The number of nitrogens with zero attached hydrogens (tertiary/aromatic N) is 3. The van der Waals surface area contributed by atoms with Crippen molar-refractivity contribution in [1.29, 1.82) is 0 Å². The quantitative estimate of drug-likeness (QED) is 0.436. The summed E-state index contributed by atoms with van der Waals surface area (Å²) < 4.78 is 0. The van der Waals surface area contributed by atoms with E-state index in [-0.39, 0.29) is 12.1 Å². The lowest BCUT2D eigenvalue weighted by Crippen LogP contribution is -2.35. The number of hydrogen-bond donors (Lipinski definition) is 1. The SMILES string of the molecule is CCCCC(N=[N+]=[N-])C(N)Cc1ccccc1. The fourth-order valence-corrected chi connectivity index (χ4v) is 1.86. The first-order valence-corrected chi connectivity index (χ1v) is 6.11. The molecule has 2 unspecified atom stereocenters. The van der Waals surface area contributed by atoms with Crippen molar-refractivity contribution in [2.24, 2.45) is 10.8 Å². The second-order valence-corrected chi connectivity index (χ2v) is 4.27. The molecule has 4 heteroatoms. The Bertz CT molecular complexity index is 357. The highest BCUT2D eigenvalue weighted by atomic mass is 15.2. The van der Waals surface area contributed by atoms with Crippen LogP contribution in [0.15, 0.2) is 35.4 Å². The molecule has 0 aliphatic heterocycles. The second-order valence-electron chi connectivity index (χ2n) is 4.27. The van der Waals surface area contributed by atoms with Crippen molar-refractivity contribution in [2.45, 2.75) is 44.7 Å². The maximum Gasteiger partial charge on any atom is 0.0528 e. The van der Waals surface area contributed by atoms with Crippen molar-refractivity contribution in [2.75, 3.05) is 0 Å². The van der Waals surface area contributed by atoms with E-state index in [1.54, 1.807) is 0 Å². The predicted octanol–water partition coefficient (Wildman–Crippen LogP) is 3.43. The molecule has 0 amide bonds. The molecule has 1 aromatic carbocycles. The number of azide groups is 1. The summed E-state index contributed by atoms with van der Waals surface area (Å²) in [5.41, 5.74) is 15.9. The maximum atomic E-state index is 8.55. The molecule has 0 aromatic heterocycles. The Morgan fingerprint density at radius 2 is 2.06 bits per heavy atom. The number of rotatable bonds is 7. The number of nitrogens with two attached hydrogens (primary N) is 1. The van der Waals surface area contributed by atoms with E-state index in [1.807, 2.05) is 30.3 Å². The van der Waals surface area contributed by atoms with Crippen LogP contribution in [0.2, 0.25) is 0 Å². The summed E-state index contributed by atoms with van der Waals surface area (Å²) in [7, 11) is 0. The standard InChI is InChI=1S/C13H20N4/c1-2-3-9-13(16-17-15)12(14)10-11-7-5-4-6-8-11/h4-8,12-13H,2-3,9-10,14H2,1H3. The van der Waals surface area contributed by atoms with Crippen molar-refractivity contribution < 1.29 is 0 Å². The minimum atomic E-state index is -0.0974. The van der Waals surface area contributed by atoms with E-state index in [0.717, 1.165) is 25.7 Å². The Labute approximate surface area is 102 Å². The summed E-state index contributed by atoms with van der Waals surface area (Å²) in [6.07, 6.45) is 3.77. The Morgan fingerprint density at radius 3 is 2.65 bits per heavy atom. The molecule has 17 heavy (non-hydrogen) atoms. The molecule has 0 radical (unpaired) electrons. The van der Waals surface area contributed by atoms with Gasteiger partial charge in [-0.05, 0) is 23.9 Å². The molecule has 0 bridgehead atoms. The number of unbranched alkanes of at least 4 members (excludes halogenated alkanes) is 1. The van der Waals surface area contributed by atoms with Gasteiger partial charge in [-0.25, -0.2) is 0 Å². The zero-order chi connectivity index (χ0) is 12.5. The average Bonchev–Trinajstić information content (AvgIpc) is 2.35. The van der Waals surface area contributed by atoms with Gasteiger partial charge in [0.25, 0.3) is 0 Å². The van der Waals surface area contributed by atoms with Gasteiger partial charge in [-0.15, -0.1) is 0 Å². The zero-order valence-corrected chi connectivity index (χ0v) is 10.3. The average molecular weight is 232 g/mol. The minimum absolute atomic E-state index is 0.0971. The molecule has 2 N–H and O–H groups in total. The van der Waals surface area contributed by atoms with Gasteiger partial charge in [0, 0.05) is 11.0 Å². The highest BCUT2D eigenvalue weighted by Crippen LogP contribution is 2.12. The number of hydrogen-bond acceptors (Lipinski definition) is 2. The van der Waals surface area contributed by atoms with Crippen LogP contribution in [0.4, 0.5) is 0 Å². The third-order valence-corrected chi connectivity index (χ3v) is 2.86. The van der Waals surface area contributed by atoms with E-state index in [4.69, 9.17) is 11.3 Å². The molecule has 2 atom stereocenters. The van der Waals surface area contributed by atoms with Crippen LogP contribution >= 0.6 is 0 Å². The van der Waals surface area contributed by atoms with E-state index in [9.17, 15) is 0 Å². The maximum absolute atomic E-state index is 8.55. The van der Waals surface area contributed by atoms with Crippen LogP contribution in [0.25, 0.3) is 10.4 Å². The Morgan fingerprint density at radius 1 is 1.35 bits per heavy atom. The first-order chi connectivity index (χ1) is 8.27. The Balaban J connectivity index is 2.58. The van der Waals surface area contributed by atoms with Gasteiger partial charge in [0.15, 0.2) is 0 Å². The van der Waals surface area contributed by atoms with Gasteiger partial charge in [0.05, 0.1) is 6.04 Å². The topological polar surface area (TPSA) is 74.8 Å². The van der Waals surface area contributed by atoms with Crippen molar-refractivity contribution in [3.05, 3.63) is 46.3 Å². The summed E-state index contributed by atoms with van der Waals surface area (Å²) in [5.74, 6) is 0. The third kappa shape index (κ3) is 4.89. The molecule has 0 saturated carbocycles. The number of benzene rings is 1. The summed E-state index contributed by atoms with van der Waals surface area (Å²) in [5, 5.41) is 3.81. The largest absolute Gasteiger partial charge is 0.327 e. The summed E-state index contributed by atoms with van der Waals surface area (Å²) >= 11 is 0. The molecule has 0 saturated heterocycles. The lowest BCUT2D eigenvalue weighted by atomic mass is 9.97. The van der Waals surface area contributed by atoms with Gasteiger partial charge >= 0.3 is 0 Å². The Hall–Kier alpha value is -1.51. The predicted molar refractivity (Wildman–Crippen MR) is 70.6 cm³/mol. The fourth-order valence-electron chi connectivity index (χ4n) is 1.86. The molecule has 1 aromatic rings. The summed E-state index contributed by atoms with van der Waals surface area (Å²) in [6.45, 7) is 2.12. The molecule has 0 heterocycles. The summed E-state index contributed by atoms with van der Waals surface area (Å²) in [6, 6.07) is 9.88. The van der Waals surface area contributed by atoms with Crippen molar-refractivity contribution in [1.82, 2.24) is 0 Å². The lowest BCUT2D eigenvalue weighted by Gasteiger charge is -2.19. The van der Waals surface area contributed by atoms with Crippen LogP contribution in [-0.4, -0.2) is 12.1 Å². The molecule has 0 fully saturated rings. The second kappa shape index (κ2) is 7.71. The fraction of sp³-hybridized carbons (Fsp3) is 0.538. The van der Waals surface area contributed by atoms with E-state index < -0.39 is 0 Å². The molecular formula is C13H20N4.